The van der Waals surface area contributed by atoms with E-state index in [1.54, 1.807) is 18.9 Å². The average Bonchev–Trinajstić information content (AvgIpc) is 2.14. The summed E-state index contributed by atoms with van der Waals surface area (Å²) in [7, 11) is 1.71. The molecule has 8 heavy (non-hydrogen) atoms. The predicted molar refractivity (Wildman–Crippen MR) is 37.5 cm³/mol. The fourth-order valence-electron chi connectivity index (χ4n) is 0.753. The fraction of sp³-hybridized carbons (Fsp3) is 1.00. The molecule has 0 N–H and O–H groups in total. The minimum atomic E-state index is 0.241. The van der Waals surface area contributed by atoms with Gasteiger partial charge in [-0.3, -0.25) is 0 Å². The van der Waals surface area contributed by atoms with Gasteiger partial charge in [0.25, 0.3) is 0 Å². The zero-order chi connectivity index (χ0) is 5.98. The number of alkyl halides is 1. The molecule has 0 radical (unpaired) electrons. The van der Waals surface area contributed by atoms with E-state index in [1.165, 1.54) is 0 Å². The Kier molecular flexibility index (Phi) is 2.47. The molecule has 1 aliphatic heterocycles. The normalized spacial score (nSPS) is 38.2. The summed E-state index contributed by atoms with van der Waals surface area (Å²) in [5.41, 5.74) is 0.247. The Morgan fingerprint density at radius 1 is 1.75 bits per heavy atom. The molecular weight excluding hydrogens is 144 g/mol. The van der Waals surface area contributed by atoms with Gasteiger partial charge in [0.1, 0.15) is 5.44 Å². The highest BCUT2D eigenvalue weighted by Gasteiger charge is 2.24. The molecule has 0 bridgehead atoms. The van der Waals surface area contributed by atoms with Crippen LogP contribution in [0.3, 0.4) is 0 Å². The smallest absolute Gasteiger partial charge is 0.119 e. The number of ether oxygens (including phenoxy) is 1. The van der Waals surface area contributed by atoms with E-state index in [1.807, 2.05) is 0 Å². The number of rotatable bonds is 1. The molecule has 1 nitrogen and oxygen atoms in total. The van der Waals surface area contributed by atoms with Crippen molar-refractivity contribution in [1.82, 2.24) is 0 Å². The van der Waals surface area contributed by atoms with E-state index in [4.69, 9.17) is 16.3 Å². The predicted octanol–water partition coefficient (Wildman–Crippen LogP) is 1.70. The molecule has 0 aromatic carbocycles. The minimum Gasteiger partial charge on any atom is -0.369 e. The lowest BCUT2D eigenvalue weighted by atomic mass is 10.3. The molecule has 1 heterocycles. The van der Waals surface area contributed by atoms with Crippen molar-refractivity contribution in [3.05, 3.63) is 0 Å². The van der Waals surface area contributed by atoms with Gasteiger partial charge in [-0.05, 0) is 12.2 Å². The van der Waals surface area contributed by atoms with Crippen LogP contribution < -0.4 is 0 Å². The van der Waals surface area contributed by atoms with Crippen LogP contribution in [0.2, 0.25) is 0 Å². The van der Waals surface area contributed by atoms with Crippen molar-refractivity contribution in [2.75, 3.05) is 12.9 Å². The Hall–Kier alpha value is 0.600. The van der Waals surface area contributed by atoms with E-state index in [2.05, 4.69) is 0 Å². The van der Waals surface area contributed by atoms with Gasteiger partial charge in [-0.1, -0.05) is 0 Å². The molecule has 1 aliphatic rings. The number of hydrogen-bond acceptors (Lipinski definition) is 2. The van der Waals surface area contributed by atoms with Crippen molar-refractivity contribution < 1.29 is 4.74 Å². The van der Waals surface area contributed by atoms with Crippen molar-refractivity contribution >= 4 is 23.4 Å². The van der Waals surface area contributed by atoms with Crippen LogP contribution in [0.1, 0.15) is 6.42 Å². The maximum Gasteiger partial charge on any atom is 0.119 e. The maximum atomic E-state index is 5.83. The van der Waals surface area contributed by atoms with Crippen molar-refractivity contribution in [2.45, 2.75) is 17.2 Å². The van der Waals surface area contributed by atoms with E-state index < -0.39 is 0 Å². The number of hydrogen-bond donors (Lipinski definition) is 0. The lowest BCUT2D eigenvalue weighted by molar-refractivity contribution is 0.174. The first-order chi connectivity index (χ1) is 3.84. The Morgan fingerprint density at radius 3 is 2.75 bits per heavy atom. The van der Waals surface area contributed by atoms with Gasteiger partial charge in [0.15, 0.2) is 0 Å². The second kappa shape index (κ2) is 2.95. The molecule has 48 valence electrons. The minimum absolute atomic E-state index is 0.241. The summed E-state index contributed by atoms with van der Waals surface area (Å²) in [6.07, 6.45) is 1.09. The summed E-state index contributed by atoms with van der Waals surface area (Å²) in [5.74, 6) is 1.15. The third-order valence-corrected chi connectivity index (χ3v) is 3.12. The highest BCUT2D eigenvalue weighted by atomic mass is 35.5. The summed E-state index contributed by atoms with van der Waals surface area (Å²) < 4.78 is 5.05. The topological polar surface area (TPSA) is 9.23 Å². The van der Waals surface area contributed by atoms with Crippen LogP contribution in [0.4, 0.5) is 0 Å². The summed E-state index contributed by atoms with van der Waals surface area (Å²) in [6.45, 7) is 0. The van der Waals surface area contributed by atoms with Crippen LogP contribution in [0.25, 0.3) is 0 Å². The standard InChI is InChI=1S/C5H9ClOS/c1-7-5-4(6)2-3-8-5/h4-5H,2-3H2,1H3. The van der Waals surface area contributed by atoms with E-state index >= 15 is 0 Å². The number of thioether (sulfide) groups is 1. The van der Waals surface area contributed by atoms with Crippen molar-refractivity contribution in [1.29, 1.82) is 0 Å². The molecule has 0 spiro atoms. The highest BCUT2D eigenvalue weighted by molar-refractivity contribution is 8.00. The molecule has 0 saturated carbocycles. The Bertz CT molecular complexity index is 78.8. The number of methoxy groups -OCH3 is 1. The van der Waals surface area contributed by atoms with Crippen molar-refractivity contribution in [3.63, 3.8) is 0 Å². The average molecular weight is 153 g/mol. The molecule has 0 aromatic rings. The first-order valence-corrected chi connectivity index (χ1v) is 4.11. The van der Waals surface area contributed by atoms with Crippen molar-refractivity contribution in [2.24, 2.45) is 0 Å². The summed E-state index contributed by atoms with van der Waals surface area (Å²) in [6, 6.07) is 0. The second-order valence-electron chi connectivity index (χ2n) is 1.78. The molecule has 2 unspecified atom stereocenters. The molecule has 0 aromatic heterocycles. The maximum absolute atomic E-state index is 5.83. The third-order valence-electron chi connectivity index (χ3n) is 1.20. The molecule has 1 rings (SSSR count). The van der Waals surface area contributed by atoms with Crippen LogP contribution in [-0.4, -0.2) is 23.7 Å². The first-order valence-electron chi connectivity index (χ1n) is 2.63. The third kappa shape index (κ3) is 1.30. The molecular formula is C5H9ClOS. The van der Waals surface area contributed by atoms with Gasteiger partial charge in [-0.25, -0.2) is 0 Å². The zero-order valence-electron chi connectivity index (χ0n) is 4.76. The molecule has 0 aliphatic carbocycles. The van der Waals surface area contributed by atoms with Gasteiger partial charge < -0.3 is 4.74 Å². The largest absolute Gasteiger partial charge is 0.369 e. The zero-order valence-corrected chi connectivity index (χ0v) is 6.34. The van der Waals surface area contributed by atoms with Crippen LogP contribution in [-0.2, 0) is 4.74 Å². The van der Waals surface area contributed by atoms with Crippen LogP contribution in [0.5, 0.6) is 0 Å². The molecule has 1 saturated heterocycles. The summed E-state index contributed by atoms with van der Waals surface area (Å²) in [4.78, 5) is 0. The van der Waals surface area contributed by atoms with Gasteiger partial charge in [0.05, 0.1) is 5.38 Å². The lowest BCUT2D eigenvalue weighted by Gasteiger charge is -2.08. The van der Waals surface area contributed by atoms with Crippen LogP contribution in [0.15, 0.2) is 0 Å². The molecule has 1 fully saturated rings. The Balaban J connectivity index is 2.30. The van der Waals surface area contributed by atoms with E-state index in [0.29, 0.717) is 0 Å². The fourth-order valence-corrected chi connectivity index (χ4v) is 2.42. The van der Waals surface area contributed by atoms with E-state index in [9.17, 15) is 0 Å². The second-order valence-corrected chi connectivity index (χ2v) is 3.55. The van der Waals surface area contributed by atoms with Crippen molar-refractivity contribution in [3.8, 4) is 0 Å². The first kappa shape index (κ1) is 6.72. The monoisotopic (exact) mass is 152 g/mol. The van der Waals surface area contributed by atoms with Gasteiger partial charge in [-0.2, -0.15) is 0 Å². The number of halogens is 1. The molecule has 0 amide bonds. The van der Waals surface area contributed by atoms with Gasteiger partial charge in [0, 0.05) is 7.11 Å². The van der Waals surface area contributed by atoms with Gasteiger partial charge >= 0.3 is 0 Å². The lowest BCUT2D eigenvalue weighted by Crippen LogP contribution is -2.12. The van der Waals surface area contributed by atoms with Crippen LogP contribution in [0, 0.1) is 0 Å². The quantitative estimate of drug-likeness (QED) is 0.529. The van der Waals surface area contributed by atoms with Gasteiger partial charge in [0.2, 0.25) is 0 Å². The highest BCUT2D eigenvalue weighted by Crippen LogP contribution is 2.30. The molecule has 3 heteroatoms. The Morgan fingerprint density at radius 2 is 2.50 bits per heavy atom. The van der Waals surface area contributed by atoms with E-state index in [0.717, 1.165) is 12.2 Å². The van der Waals surface area contributed by atoms with E-state index in [-0.39, 0.29) is 10.8 Å². The summed E-state index contributed by atoms with van der Waals surface area (Å²) in [5, 5.41) is 0.241. The Labute approximate surface area is 58.7 Å². The summed E-state index contributed by atoms with van der Waals surface area (Å²) >= 11 is 7.63. The van der Waals surface area contributed by atoms with Crippen LogP contribution >= 0.6 is 23.4 Å². The molecule has 2 atom stereocenters. The SMILES string of the molecule is COC1SCCC1Cl. The van der Waals surface area contributed by atoms with Gasteiger partial charge in [-0.15, -0.1) is 23.4 Å².